The van der Waals surface area contributed by atoms with Crippen molar-refractivity contribution in [3.63, 3.8) is 0 Å². The van der Waals surface area contributed by atoms with Crippen LogP contribution in [0.2, 0.25) is 0 Å². The van der Waals surface area contributed by atoms with Gasteiger partial charge in [-0.1, -0.05) is 91.0 Å². The molecule has 0 aromatic heterocycles. The molecule has 0 saturated heterocycles. The van der Waals surface area contributed by atoms with Crippen molar-refractivity contribution < 1.29 is 4.74 Å². The molecule has 0 aliphatic heterocycles. The highest BCUT2D eigenvalue weighted by Crippen LogP contribution is 2.12. The van der Waals surface area contributed by atoms with Gasteiger partial charge < -0.3 is 4.74 Å². The summed E-state index contributed by atoms with van der Waals surface area (Å²) < 4.78 is 5.28. The largest absolute Gasteiger partial charge is 0.497 e. The zero-order valence-corrected chi connectivity index (χ0v) is 16.5. The first-order valence-corrected chi connectivity index (χ1v) is 9.82. The first kappa shape index (κ1) is 18.7. The summed E-state index contributed by atoms with van der Waals surface area (Å²) in [5.74, 6) is 8.00. The maximum absolute atomic E-state index is 5.28. The van der Waals surface area contributed by atoms with Gasteiger partial charge >= 0.3 is 0 Å². The van der Waals surface area contributed by atoms with Crippen molar-refractivity contribution >= 4 is 22.5 Å². The van der Waals surface area contributed by atoms with Gasteiger partial charge in [0.1, 0.15) is 11.9 Å². The summed E-state index contributed by atoms with van der Waals surface area (Å²) in [6.45, 7) is 0. The highest BCUT2D eigenvalue weighted by molar-refractivity contribution is 7.16. The molecule has 1 nitrogen and oxygen atoms in total. The third-order valence-electron chi connectivity index (χ3n) is 5.42. The summed E-state index contributed by atoms with van der Waals surface area (Å²) in [4.78, 5) is 0. The van der Waals surface area contributed by atoms with Crippen LogP contribution in [0.3, 0.4) is 0 Å². The Balaban J connectivity index is 1.97. The zero-order valence-electron chi connectivity index (χ0n) is 16.5. The van der Waals surface area contributed by atoms with Crippen LogP contribution in [0, 0.1) is 11.7 Å². The Morgan fingerprint density at radius 1 is 0.552 bits per heavy atom. The van der Waals surface area contributed by atoms with Crippen molar-refractivity contribution in [2.45, 2.75) is 0 Å². The van der Waals surface area contributed by atoms with Gasteiger partial charge in [-0.25, -0.2) is 0 Å². The molecule has 29 heavy (non-hydrogen) atoms. The van der Waals surface area contributed by atoms with E-state index in [1.54, 1.807) is 7.11 Å². The number of benzene rings is 4. The molecule has 0 saturated carbocycles. The molecule has 4 rings (SSSR count). The molecule has 0 fully saturated rings. The van der Waals surface area contributed by atoms with Gasteiger partial charge in [-0.3, -0.25) is 5.82 Å². The Morgan fingerprint density at radius 3 is 1.34 bits per heavy atom. The summed E-state index contributed by atoms with van der Waals surface area (Å²) in [6.07, 6.45) is -1.45. The second kappa shape index (κ2) is 8.54. The maximum atomic E-state index is 5.28. The van der Waals surface area contributed by atoms with E-state index >= 15 is 0 Å². The molecule has 0 unspecified atom stereocenters. The average Bonchev–Trinajstić information content (AvgIpc) is 2.82. The molecular formula is C27H22BO-. The molecule has 0 aliphatic carbocycles. The fraction of sp³-hybridized carbons (Fsp3) is 0.0370. The van der Waals surface area contributed by atoms with Crippen LogP contribution in [0.15, 0.2) is 115 Å². The molecular weight excluding hydrogens is 351 g/mol. The molecule has 0 aliphatic rings. The lowest BCUT2D eigenvalue weighted by molar-refractivity contribution is 0.415. The monoisotopic (exact) mass is 373 g/mol. The van der Waals surface area contributed by atoms with Gasteiger partial charge in [-0.15, -0.1) is 5.92 Å². The van der Waals surface area contributed by atoms with Gasteiger partial charge in [0, 0.05) is 5.56 Å². The van der Waals surface area contributed by atoms with Crippen molar-refractivity contribution in [1.82, 2.24) is 0 Å². The number of rotatable bonds is 4. The molecule has 2 heteroatoms. The fourth-order valence-corrected chi connectivity index (χ4v) is 3.92. The van der Waals surface area contributed by atoms with E-state index in [1.807, 2.05) is 24.3 Å². The van der Waals surface area contributed by atoms with Crippen LogP contribution in [-0.2, 0) is 0 Å². The summed E-state index contributed by atoms with van der Waals surface area (Å²) in [5.41, 5.74) is 4.61. The highest BCUT2D eigenvalue weighted by Gasteiger charge is 2.27. The van der Waals surface area contributed by atoms with Crippen molar-refractivity contribution in [1.29, 1.82) is 0 Å². The lowest BCUT2D eigenvalue weighted by atomic mass is 9.16. The Labute approximate surface area is 172 Å². The Morgan fingerprint density at radius 2 is 0.966 bits per heavy atom. The fourth-order valence-electron chi connectivity index (χ4n) is 3.92. The predicted molar refractivity (Wildman–Crippen MR) is 124 cm³/mol. The Hall–Kier alpha value is -3.70. The normalized spacial score (nSPS) is 10.7. The SMILES string of the molecule is COc1ccc(C#C[B-](c2ccccc2)(c2ccccc2)c2ccccc2)cc1. The van der Waals surface area contributed by atoms with Crippen LogP contribution in [0.1, 0.15) is 5.56 Å². The molecule has 0 atom stereocenters. The second-order valence-corrected chi connectivity index (χ2v) is 7.10. The summed E-state index contributed by atoms with van der Waals surface area (Å²) in [7, 11) is 1.68. The second-order valence-electron chi connectivity index (χ2n) is 7.10. The summed E-state index contributed by atoms with van der Waals surface area (Å²) in [6, 6.07) is 39.7. The smallest absolute Gasteiger partial charge is 0.149 e. The van der Waals surface area contributed by atoms with Gasteiger partial charge in [0.25, 0.3) is 0 Å². The van der Waals surface area contributed by atoms with Crippen LogP contribution in [-0.4, -0.2) is 13.3 Å². The van der Waals surface area contributed by atoms with E-state index in [-0.39, 0.29) is 0 Å². The van der Waals surface area contributed by atoms with Crippen molar-refractivity contribution in [3.8, 4) is 17.5 Å². The molecule has 0 spiro atoms. The van der Waals surface area contributed by atoms with Crippen LogP contribution >= 0.6 is 0 Å². The third kappa shape index (κ3) is 3.81. The Bertz CT molecular complexity index is 1010. The molecule has 0 heterocycles. The highest BCUT2D eigenvalue weighted by atomic mass is 16.5. The van der Waals surface area contributed by atoms with Gasteiger partial charge in [-0.05, 0) is 24.3 Å². The van der Waals surface area contributed by atoms with E-state index in [0.717, 1.165) is 11.3 Å². The molecule has 0 N–H and O–H groups in total. The molecule has 4 aromatic rings. The predicted octanol–water partition coefficient (Wildman–Crippen LogP) is 3.76. The summed E-state index contributed by atoms with van der Waals surface area (Å²) in [5, 5.41) is 0. The molecule has 0 bridgehead atoms. The first-order valence-electron chi connectivity index (χ1n) is 9.82. The third-order valence-corrected chi connectivity index (χ3v) is 5.42. The van der Waals surface area contributed by atoms with E-state index in [2.05, 4.69) is 103 Å². The van der Waals surface area contributed by atoms with Gasteiger partial charge in [0.05, 0.1) is 7.11 Å². The van der Waals surface area contributed by atoms with Crippen LogP contribution < -0.4 is 21.1 Å². The lowest BCUT2D eigenvalue weighted by Crippen LogP contribution is -2.66. The summed E-state index contributed by atoms with van der Waals surface area (Å²) >= 11 is 0. The minimum atomic E-state index is -1.45. The van der Waals surface area contributed by atoms with Gasteiger partial charge in [0.2, 0.25) is 0 Å². The molecule has 4 aromatic carbocycles. The minimum absolute atomic E-state index is 0.835. The van der Waals surface area contributed by atoms with E-state index < -0.39 is 6.15 Å². The minimum Gasteiger partial charge on any atom is -0.497 e. The first-order chi connectivity index (χ1) is 14.3. The number of hydrogen-bond donors (Lipinski definition) is 0. The van der Waals surface area contributed by atoms with Crippen molar-refractivity contribution in [2.75, 3.05) is 7.11 Å². The van der Waals surface area contributed by atoms with Crippen LogP contribution in [0.25, 0.3) is 0 Å². The lowest BCUT2D eigenvalue weighted by Gasteiger charge is -2.38. The molecule has 0 amide bonds. The van der Waals surface area contributed by atoms with E-state index in [0.29, 0.717) is 0 Å². The van der Waals surface area contributed by atoms with E-state index in [1.165, 1.54) is 16.4 Å². The number of methoxy groups -OCH3 is 1. The van der Waals surface area contributed by atoms with Crippen LogP contribution in [0.4, 0.5) is 0 Å². The van der Waals surface area contributed by atoms with E-state index in [4.69, 9.17) is 4.74 Å². The van der Waals surface area contributed by atoms with Crippen molar-refractivity contribution in [2.24, 2.45) is 0 Å². The molecule has 0 radical (unpaired) electrons. The van der Waals surface area contributed by atoms with Gasteiger partial charge in [0.15, 0.2) is 0 Å². The quantitative estimate of drug-likeness (QED) is 0.391. The van der Waals surface area contributed by atoms with E-state index in [9.17, 15) is 0 Å². The topological polar surface area (TPSA) is 9.23 Å². The van der Waals surface area contributed by atoms with Gasteiger partial charge in [-0.2, -0.15) is 16.4 Å². The zero-order chi connectivity index (χ0) is 19.9. The van der Waals surface area contributed by atoms with Crippen molar-refractivity contribution in [3.05, 3.63) is 121 Å². The standard InChI is InChI=1S/C27H22BO/c1-29-27-19-17-23(18-20-27)21-22-28(24-11-5-2-6-12-24,25-13-7-3-8-14-25)26-15-9-4-10-16-26/h2-20H,1H3/q-1. The maximum Gasteiger partial charge on any atom is 0.149 e. The number of ether oxygens (including phenoxy) is 1. The average molecular weight is 373 g/mol. The number of hydrogen-bond acceptors (Lipinski definition) is 1. The molecule has 140 valence electrons. The van der Waals surface area contributed by atoms with Crippen LogP contribution in [0.5, 0.6) is 5.75 Å². The Kier molecular flexibility index (Phi) is 5.50.